The van der Waals surface area contributed by atoms with E-state index in [9.17, 15) is 4.79 Å². The molecule has 0 unspecified atom stereocenters. The van der Waals surface area contributed by atoms with Crippen LogP contribution in [0, 0.1) is 0 Å². The highest BCUT2D eigenvalue weighted by Gasteiger charge is 2.63. The number of methoxy groups -OCH3 is 1. The average molecular weight is 455 g/mol. The molecule has 0 aromatic heterocycles. The van der Waals surface area contributed by atoms with Crippen molar-refractivity contribution >= 4 is 26.5 Å². The molecule has 2 saturated heterocycles. The molecule has 1 aromatic carbocycles. The summed E-state index contributed by atoms with van der Waals surface area (Å²) in [6.45, 7) is 12.5. The molecule has 2 fully saturated rings. The first-order chi connectivity index (χ1) is 14.1. The Morgan fingerprint density at radius 1 is 1.23 bits per heavy atom. The summed E-state index contributed by atoms with van der Waals surface area (Å²) >= 11 is 1.81. The van der Waals surface area contributed by atoms with Crippen molar-refractivity contribution in [3.63, 3.8) is 0 Å². The zero-order chi connectivity index (χ0) is 22.1. The van der Waals surface area contributed by atoms with Crippen LogP contribution in [-0.2, 0) is 30.3 Å². The van der Waals surface area contributed by atoms with Crippen molar-refractivity contribution in [2.75, 3.05) is 12.9 Å². The summed E-state index contributed by atoms with van der Waals surface area (Å²) in [6.07, 6.45) is -1.41. The predicted octanol–water partition coefficient (Wildman–Crippen LogP) is 3.56. The first kappa shape index (κ1) is 23.6. The summed E-state index contributed by atoms with van der Waals surface area (Å²) in [7, 11) is 0.321. The molecule has 0 saturated carbocycles. The lowest BCUT2D eigenvalue weighted by molar-refractivity contribution is -0.256. The standard InChI is InChI=1S/C22H34O6SSi/c1-14(23)26-18-17-13-29-22(27-17,30(6)7)20(28-21(2,3)4)19(18)25-12-15-8-10-16(24-5)11-9-15/h8-11,17-20,30H,12-13H2,1-7H3/t17-,18+,19+,20-,22-/m1/s1. The maximum absolute atomic E-state index is 11.9. The molecule has 168 valence electrons. The average Bonchev–Trinajstić information content (AvgIpc) is 3.07. The van der Waals surface area contributed by atoms with E-state index >= 15 is 0 Å². The second-order valence-corrected chi connectivity index (χ2v) is 14.0. The minimum absolute atomic E-state index is 0.186. The van der Waals surface area contributed by atoms with Crippen LogP contribution in [0.25, 0.3) is 0 Å². The molecule has 2 bridgehead atoms. The summed E-state index contributed by atoms with van der Waals surface area (Å²) in [4.78, 5) is 11.9. The van der Waals surface area contributed by atoms with E-state index in [0.717, 1.165) is 17.1 Å². The van der Waals surface area contributed by atoms with Gasteiger partial charge in [-0.25, -0.2) is 0 Å². The van der Waals surface area contributed by atoms with Crippen LogP contribution in [0.2, 0.25) is 13.1 Å². The number of carbonyl (C=O) groups is 1. The van der Waals surface area contributed by atoms with E-state index in [4.69, 9.17) is 23.7 Å². The third kappa shape index (κ3) is 5.04. The van der Waals surface area contributed by atoms with Gasteiger partial charge in [-0.3, -0.25) is 4.79 Å². The fraction of sp³-hybridized carbons (Fsp3) is 0.682. The molecule has 0 radical (unpaired) electrons. The molecule has 5 atom stereocenters. The summed E-state index contributed by atoms with van der Waals surface area (Å²) in [6, 6.07) is 7.79. The number of esters is 1. The Morgan fingerprint density at radius 2 is 1.90 bits per heavy atom. The number of hydrogen-bond acceptors (Lipinski definition) is 7. The Morgan fingerprint density at radius 3 is 2.43 bits per heavy atom. The van der Waals surface area contributed by atoms with Crippen molar-refractivity contribution in [2.45, 2.75) is 82.0 Å². The summed E-state index contributed by atoms with van der Waals surface area (Å²) in [5, 5.41) is 0. The third-order valence-electron chi connectivity index (χ3n) is 5.38. The van der Waals surface area contributed by atoms with Crippen molar-refractivity contribution < 1.29 is 28.5 Å². The second kappa shape index (κ2) is 9.20. The zero-order valence-electron chi connectivity index (χ0n) is 19.0. The van der Waals surface area contributed by atoms with Crippen molar-refractivity contribution in [2.24, 2.45) is 0 Å². The van der Waals surface area contributed by atoms with Crippen LogP contribution in [-0.4, -0.2) is 62.2 Å². The molecule has 2 aliphatic rings. The van der Waals surface area contributed by atoms with Gasteiger partial charge < -0.3 is 23.7 Å². The molecule has 2 heterocycles. The summed E-state index contributed by atoms with van der Waals surface area (Å²) in [5.74, 6) is 1.24. The van der Waals surface area contributed by atoms with E-state index in [-0.39, 0.29) is 23.8 Å². The second-order valence-electron chi connectivity index (χ2n) is 9.19. The number of fused-ring (bicyclic) bond motifs is 2. The molecule has 0 aliphatic carbocycles. The molecule has 3 rings (SSSR count). The topological polar surface area (TPSA) is 63.2 Å². The SMILES string of the molecule is COc1ccc(CO[C@H]2[C@@H](OC(C)=O)[C@H]3CS[C@]([SiH](C)C)(O3)[C@@H]2OC(C)(C)C)cc1. The maximum atomic E-state index is 11.9. The van der Waals surface area contributed by atoms with Crippen LogP contribution in [0.3, 0.4) is 0 Å². The number of thioether (sulfide) groups is 1. The Hall–Kier alpha value is -1.06. The van der Waals surface area contributed by atoms with E-state index in [1.165, 1.54) is 6.92 Å². The first-order valence-corrected chi connectivity index (χ1v) is 14.3. The first-order valence-electron chi connectivity index (χ1n) is 10.5. The van der Waals surface area contributed by atoms with E-state index < -0.39 is 25.6 Å². The lowest BCUT2D eigenvalue weighted by atomic mass is 9.99. The van der Waals surface area contributed by atoms with Crippen LogP contribution in [0.5, 0.6) is 5.75 Å². The van der Waals surface area contributed by atoms with Crippen LogP contribution in [0.1, 0.15) is 33.3 Å². The minimum atomic E-state index is -1.33. The molecule has 2 aliphatic heterocycles. The van der Waals surface area contributed by atoms with Crippen LogP contribution < -0.4 is 4.74 Å². The predicted molar refractivity (Wildman–Crippen MR) is 121 cm³/mol. The molecule has 30 heavy (non-hydrogen) atoms. The number of carbonyl (C=O) groups excluding carboxylic acids is 1. The lowest BCUT2D eigenvalue weighted by Gasteiger charge is -2.50. The third-order valence-corrected chi connectivity index (χ3v) is 10.6. The molecular formula is C22H34O6SSi. The Labute approximate surface area is 185 Å². The summed E-state index contributed by atoms with van der Waals surface area (Å²) < 4.78 is 30.2. The molecule has 0 spiro atoms. The van der Waals surface area contributed by atoms with Gasteiger partial charge in [-0.1, -0.05) is 25.2 Å². The Balaban J connectivity index is 1.91. The quantitative estimate of drug-likeness (QED) is 0.461. The fourth-order valence-electron chi connectivity index (χ4n) is 4.03. The minimum Gasteiger partial charge on any atom is -0.497 e. The van der Waals surface area contributed by atoms with Crippen molar-refractivity contribution in [1.82, 2.24) is 0 Å². The van der Waals surface area contributed by atoms with Crippen LogP contribution in [0.15, 0.2) is 24.3 Å². The van der Waals surface area contributed by atoms with Gasteiger partial charge in [-0.2, -0.15) is 0 Å². The van der Waals surface area contributed by atoms with Gasteiger partial charge in [0.05, 0.1) is 28.1 Å². The molecule has 0 N–H and O–H groups in total. The van der Waals surface area contributed by atoms with E-state index in [2.05, 4.69) is 13.1 Å². The van der Waals surface area contributed by atoms with Crippen molar-refractivity contribution in [1.29, 1.82) is 0 Å². The van der Waals surface area contributed by atoms with Gasteiger partial charge in [-0.15, -0.1) is 11.8 Å². The van der Waals surface area contributed by atoms with Gasteiger partial charge >= 0.3 is 5.97 Å². The molecule has 6 nitrogen and oxygen atoms in total. The van der Waals surface area contributed by atoms with E-state index in [1.54, 1.807) is 18.9 Å². The Kier molecular flexibility index (Phi) is 7.24. The molecule has 0 amide bonds. The van der Waals surface area contributed by atoms with Gasteiger partial charge in [0.1, 0.15) is 28.6 Å². The van der Waals surface area contributed by atoms with E-state index in [1.807, 2.05) is 45.0 Å². The maximum Gasteiger partial charge on any atom is 0.303 e. The number of ether oxygens (including phenoxy) is 5. The molecule has 8 heteroatoms. The van der Waals surface area contributed by atoms with Gasteiger partial charge in [-0.05, 0) is 38.5 Å². The van der Waals surface area contributed by atoms with Gasteiger partial charge in [0.15, 0.2) is 6.10 Å². The van der Waals surface area contributed by atoms with E-state index in [0.29, 0.717) is 6.61 Å². The lowest BCUT2D eigenvalue weighted by Crippen LogP contribution is -2.67. The Bertz CT molecular complexity index is 734. The monoisotopic (exact) mass is 454 g/mol. The van der Waals surface area contributed by atoms with Crippen LogP contribution in [0.4, 0.5) is 0 Å². The van der Waals surface area contributed by atoms with Gasteiger partial charge in [0.2, 0.25) is 0 Å². The number of hydrogen-bond donors (Lipinski definition) is 0. The van der Waals surface area contributed by atoms with Crippen LogP contribution >= 0.6 is 11.8 Å². The van der Waals surface area contributed by atoms with Crippen molar-refractivity contribution in [3.8, 4) is 5.75 Å². The largest absolute Gasteiger partial charge is 0.497 e. The normalized spacial score (nSPS) is 31.1. The van der Waals surface area contributed by atoms with Gasteiger partial charge in [0, 0.05) is 12.7 Å². The zero-order valence-corrected chi connectivity index (χ0v) is 20.9. The summed E-state index contributed by atoms with van der Waals surface area (Å²) in [5.41, 5.74) is 0.636. The highest BCUT2D eigenvalue weighted by atomic mass is 32.2. The fourth-order valence-corrected chi connectivity index (χ4v) is 8.24. The number of rotatable bonds is 7. The van der Waals surface area contributed by atoms with Gasteiger partial charge in [0.25, 0.3) is 0 Å². The highest BCUT2D eigenvalue weighted by Crippen LogP contribution is 2.51. The van der Waals surface area contributed by atoms with Crippen molar-refractivity contribution in [3.05, 3.63) is 29.8 Å². The molecular weight excluding hydrogens is 420 g/mol. The highest BCUT2D eigenvalue weighted by molar-refractivity contribution is 8.02. The molecule has 1 aromatic rings. The number of benzene rings is 1. The smallest absolute Gasteiger partial charge is 0.303 e.